The highest BCUT2D eigenvalue weighted by atomic mass is 16.5. The van der Waals surface area contributed by atoms with Crippen molar-refractivity contribution in [3.63, 3.8) is 0 Å². The van der Waals surface area contributed by atoms with E-state index in [1.54, 1.807) is 34.4 Å². The molecule has 0 saturated heterocycles. The molecule has 4 aromatic heterocycles. The summed E-state index contributed by atoms with van der Waals surface area (Å²) in [4.78, 5) is 12.1. The van der Waals surface area contributed by atoms with Crippen molar-refractivity contribution in [1.29, 1.82) is 0 Å². The monoisotopic (exact) mass is 1060 g/mol. The predicted molar refractivity (Wildman–Crippen MR) is 325 cm³/mol. The van der Waals surface area contributed by atoms with Crippen molar-refractivity contribution in [2.24, 2.45) is 0 Å². The second-order valence-electron chi connectivity index (χ2n) is 21.2. The molecule has 1 aliphatic rings. The standard InChI is InChI=1S/C71H62N8O2/c1-3-5-7-15-41-71(42-16-8-6-4-2)65-47-51(61-35-33-59(67-69(61)76-78(74-67)53-37-43-72-44-38-53)49-21-27-57(28-22-49)80-55-17-11-9-12-18-55)25-31-63(65)64-32-26-52(48-66(64)71)62-36-34-60(68-70(62)77-79(75-68)54-39-45-73-46-40-54)50-23-29-58(30-24-50)81-56-19-13-10-14-20-56/h9-14,17-40,43-48H,3-8,15-16,41-42H2,1-2H3. The number of para-hydroxylation sites is 2. The average molecular weight is 1060 g/mol. The number of pyridine rings is 2. The lowest BCUT2D eigenvalue weighted by molar-refractivity contribution is 0.401. The number of hydrogen-bond acceptors (Lipinski definition) is 8. The van der Waals surface area contributed by atoms with Crippen LogP contribution in [0.4, 0.5) is 0 Å². The van der Waals surface area contributed by atoms with Crippen molar-refractivity contribution < 1.29 is 9.47 Å². The molecule has 0 radical (unpaired) electrons. The summed E-state index contributed by atoms with van der Waals surface area (Å²) in [5, 5.41) is 21.1. The Labute approximate surface area is 472 Å². The molecule has 0 unspecified atom stereocenters. The van der Waals surface area contributed by atoms with Gasteiger partial charge in [-0.1, -0.05) is 174 Å². The zero-order valence-electron chi connectivity index (χ0n) is 45.7. The normalized spacial score (nSPS) is 12.4. The van der Waals surface area contributed by atoms with Gasteiger partial charge in [-0.15, -0.1) is 20.4 Å². The van der Waals surface area contributed by atoms with Gasteiger partial charge in [-0.2, -0.15) is 9.59 Å². The summed E-state index contributed by atoms with van der Waals surface area (Å²) >= 11 is 0. The summed E-state index contributed by atoms with van der Waals surface area (Å²) in [6, 6.07) is 67.3. The van der Waals surface area contributed by atoms with E-state index >= 15 is 0 Å². The molecule has 398 valence electrons. The van der Waals surface area contributed by atoms with Crippen LogP contribution < -0.4 is 9.47 Å². The fraction of sp³-hybridized carbons (Fsp3) is 0.183. The summed E-state index contributed by atoms with van der Waals surface area (Å²) < 4.78 is 12.4. The maximum absolute atomic E-state index is 6.19. The third-order valence-electron chi connectivity index (χ3n) is 16.1. The second kappa shape index (κ2) is 22.7. The molecule has 10 nitrogen and oxygen atoms in total. The number of unbranched alkanes of at least 4 members (excludes halogenated alkanes) is 6. The fourth-order valence-electron chi connectivity index (χ4n) is 12.0. The Morgan fingerprint density at radius 2 is 0.667 bits per heavy atom. The minimum absolute atomic E-state index is 0.229. The van der Waals surface area contributed by atoms with Gasteiger partial charge in [-0.3, -0.25) is 9.97 Å². The lowest BCUT2D eigenvalue weighted by atomic mass is 9.70. The van der Waals surface area contributed by atoms with E-state index < -0.39 is 0 Å². The van der Waals surface area contributed by atoms with Gasteiger partial charge in [0.1, 0.15) is 45.1 Å². The first-order valence-corrected chi connectivity index (χ1v) is 28.6. The van der Waals surface area contributed by atoms with Gasteiger partial charge in [-0.05, 0) is 142 Å². The van der Waals surface area contributed by atoms with Gasteiger partial charge in [0.15, 0.2) is 0 Å². The average Bonchev–Trinajstić information content (AvgIpc) is 3.79. The first kappa shape index (κ1) is 50.9. The highest BCUT2D eigenvalue weighted by Gasteiger charge is 2.43. The smallest absolute Gasteiger partial charge is 0.127 e. The van der Waals surface area contributed by atoms with Gasteiger partial charge in [0, 0.05) is 52.5 Å². The Morgan fingerprint density at radius 3 is 1.04 bits per heavy atom. The predicted octanol–water partition coefficient (Wildman–Crippen LogP) is 18.4. The van der Waals surface area contributed by atoms with Crippen LogP contribution in [-0.2, 0) is 5.41 Å². The molecule has 1 aliphatic carbocycles. The van der Waals surface area contributed by atoms with Crippen molar-refractivity contribution in [3.8, 4) is 90.0 Å². The molecule has 81 heavy (non-hydrogen) atoms. The first-order valence-electron chi connectivity index (χ1n) is 28.6. The molecule has 0 saturated carbocycles. The van der Waals surface area contributed by atoms with Gasteiger partial charge >= 0.3 is 0 Å². The van der Waals surface area contributed by atoms with Crippen LogP contribution in [0.5, 0.6) is 23.0 Å². The molecule has 10 heteroatoms. The quantitative estimate of drug-likeness (QED) is 0.0695. The number of fused-ring (bicyclic) bond motifs is 5. The lowest BCUT2D eigenvalue weighted by Crippen LogP contribution is -2.25. The highest BCUT2D eigenvalue weighted by molar-refractivity contribution is 6.03. The summed E-state index contributed by atoms with van der Waals surface area (Å²) in [6.45, 7) is 4.61. The summed E-state index contributed by atoms with van der Waals surface area (Å²) in [7, 11) is 0. The zero-order chi connectivity index (χ0) is 54.5. The molecule has 0 atom stereocenters. The molecule has 4 heterocycles. The van der Waals surface area contributed by atoms with Gasteiger partial charge in [0.2, 0.25) is 0 Å². The molecule has 0 spiro atoms. The van der Waals surface area contributed by atoms with Crippen LogP contribution in [0.2, 0.25) is 0 Å². The van der Waals surface area contributed by atoms with E-state index in [9.17, 15) is 0 Å². The Bertz CT molecular complexity index is 3860. The van der Waals surface area contributed by atoms with Crippen molar-refractivity contribution in [2.45, 2.75) is 83.5 Å². The molecule has 8 aromatic carbocycles. The number of benzene rings is 8. The minimum atomic E-state index is -0.229. The first-order chi connectivity index (χ1) is 40.0. The van der Waals surface area contributed by atoms with E-state index in [1.807, 2.05) is 109 Å². The highest BCUT2D eigenvalue weighted by Crippen LogP contribution is 2.56. The van der Waals surface area contributed by atoms with E-state index in [0.717, 1.165) is 127 Å². The topological polar surface area (TPSA) is 106 Å². The van der Waals surface area contributed by atoms with Gasteiger partial charge in [0.25, 0.3) is 0 Å². The molecule has 0 amide bonds. The van der Waals surface area contributed by atoms with Crippen LogP contribution in [0, 0.1) is 0 Å². The Morgan fingerprint density at radius 1 is 0.333 bits per heavy atom. The van der Waals surface area contributed by atoms with E-state index in [4.69, 9.17) is 29.9 Å². The number of aromatic nitrogens is 8. The molecule has 0 aliphatic heterocycles. The molecule has 0 N–H and O–H groups in total. The van der Waals surface area contributed by atoms with E-state index in [0.29, 0.717) is 0 Å². The lowest BCUT2D eigenvalue weighted by Gasteiger charge is -2.33. The number of nitrogens with zero attached hydrogens (tertiary/aromatic N) is 8. The van der Waals surface area contributed by atoms with Gasteiger partial charge < -0.3 is 9.47 Å². The number of ether oxygens (including phenoxy) is 2. The molecular formula is C71H62N8O2. The molecule has 12 aromatic rings. The van der Waals surface area contributed by atoms with Crippen molar-refractivity contribution in [3.05, 3.63) is 230 Å². The van der Waals surface area contributed by atoms with Gasteiger partial charge in [0.05, 0.1) is 11.4 Å². The SMILES string of the molecule is CCCCCCC1(CCCCCC)c2cc(-c3ccc(-c4ccc(Oc5ccccc5)cc4)c4nn(-c5ccncc5)nc34)ccc2-c2ccc(-c3ccc(-c4ccc(Oc5ccccc5)cc4)c4nn(-c5ccncc5)nc34)cc21. The summed E-state index contributed by atoms with van der Waals surface area (Å²) in [6.07, 6.45) is 18.7. The molecular weight excluding hydrogens is 997 g/mol. The van der Waals surface area contributed by atoms with E-state index in [1.165, 1.54) is 60.8 Å². The van der Waals surface area contributed by atoms with Crippen LogP contribution >= 0.6 is 0 Å². The van der Waals surface area contributed by atoms with E-state index in [-0.39, 0.29) is 5.41 Å². The molecule has 0 bridgehead atoms. The van der Waals surface area contributed by atoms with Crippen molar-refractivity contribution >= 4 is 22.1 Å². The fourth-order valence-corrected chi connectivity index (χ4v) is 12.0. The largest absolute Gasteiger partial charge is 0.457 e. The maximum atomic E-state index is 6.19. The maximum Gasteiger partial charge on any atom is 0.127 e. The third-order valence-corrected chi connectivity index (χ3v) is 16.1. The van der Waals surface area contributed by atoms with Crippen LogP contribution in [-0.4, -0.2) is 40.0 Å². The van der Waals surface area contributed by atoms with Crippen molar-refractivity contribution in [1.82, 2.24) is 40.0 Å². The Balaban J connectivity index is 0.928. The van der Waals surface area contributed by atoms with Crippen LogP contribution in [0.15, 0.2) is 219 Å². The van der Waals surface area contributed by atoms with Crippen LogP contribution in [0.1, 0.15) is 89.2 Å². The van der Waals surface area contributed by atoms with E-state index in [2.05, 4.69) is 109 Å². The Hall–Kier alpha value is -9.54. The Kier molecular flexibility index (Phi) is 14.3. The molecule has 0 fully saturated rings. The second-order valence-corrected chi connectivity index (χ2v) is 21.2. The van der Waals surface area contributed by atoms with Crippen LogP contribution in [0.3, 0.4) is 0 Å². The summed E-state index contributed by atoms with van der Waals surface area (Å²) in [5.41, 5.74) is 18.6. The molecule has 13 rings (SSSR count). The van der Waals surface area contributed by atoms with Gasteiger partial charge in [-0.25, -0.2) is 0 Å². The van der Waals surface area contributed by atoms with Crippen molar-refractivity contribution in [2.75, 3.05) is 0 Å². The zero-order valence-corrected chi connectivity index (χ0v) is 45.7. The summed E-state index contributed by atoms with van der Waals surface area (Å²) in [5.74, 6) is 3.13. The third kappa shape index (κ3) is 10.1. The number of rotatable bonds is 20. The number of hydrogen-bond donors (Lipinski definition) is 0. The minimum Gasteiger partial charge on any atom is -0.457 e. The van der Waals surface area contributed by atoms with Crippen LogP contribution in [0.25, 0.3) is 89.1 Å².